The van der Waals surface area contributed by atoms with Gasteiger partial charge >= 0.3 is 5.97 Å². The van der Waals surface area contributed by atoms with Crippen LogP contribution in [0.3, 0.4) is 0 Å². The summed E-state index contributed by atoms with van der Waals surface area (Å²) in [5, 5.41) is 0. The van der Waals surface area contributed by atoms with Gasteiger partial charge in [-0.05, 0) is 13.8 Å². The predicted octanol–water partition coefficient (Wildman–Crippen LogP) is 1.79. The number of nitrogens with zero attached hydrogens (tertiary/aromatic N) is 2. The van der Waals surface area contributed by atoms with Crippen LogP contribution in [-0.2, 0) is 4.74 Å². The van der Waals surface area contributed by atoms with E-state index in [-0.39, 0.29) is 5.69 Å². The molecule has 0 amide bonds. The van der Waals surface area contributed by atoms with Gasteiger partial charge in [-0.25, -0.2) is 4.79 Å². The number of ether oxygens (including phenoxy) is 1. The second-order valence-corrected chi connectivity index (χ2v) is 5.00. The second-order valence-electron chi connectivity index (χ2n) is 3.85. The van der Waals surface area contributed by atoms with Crippen LogP contribution in [-0.4, -0.2) is 41.7 Å². The van der Waals surface area contributed by atoms with Crippen LogP contribution in [0.25, 0.3) is 0 Å². The zero-order chi connectivity index (χ0) is 12.3. The van der Waals surface area contributed by atoms with Gasteiger partial charge in [0.15, 0.2) is 5.69 Å². The smallest absolute Gasteiger partial charge is 0.360 e. The Bertz CT molecular complexity index is 394. The molecule has 2 rings (SSSR count). The van der Waals surface area contributed by atoms with Crippen LogP contribution < -0.4 is 4.90 Å². The molecule has 1 aromatic heterocycles. The fourth-order valence-corrected chi connectivity index (χ4v) is 2.72. The highest BCUT2D eigenvalue weighted by atomic mass is 32.2. The molecule has 0 radical (unpaired) electrons. The first-order valence-electron chi connectivity index (χ1n) is 5.69. The molecule has 1 fully saturated rings. The Balaban J connectivity index is 2.09. The van der Waals surface area contributed by atoms with Crippen LogP contribution in [0, 0.1) is 0 Å². The van der Waals surface area contributed by atoms with Gasteiger partial charge in [0.2, 0.25) is 0 Å². The fraction of sp³-hybridized carbons (Fsp3) is 0.636. The van der Waals surface area contributed by atoms with Crippen molar-refractivity contribution < 1.29 is 13.9 Å². The number of carbonyl (C=O) groups is 1. The van der Waals surface area contributed by atoms with E-state index in [1.54, 1.807) is 6.92 Å². The number of anilines is 1. The van der Waals surface area contributed by atoms with Crippen LogP contribution in [0.5, 0.6) is 0 Å². The van der Waals surface area contributed by atoms with Crippen molar-refractivity contribution in [2.45, 2.75) is 19.9 Å². The molecule has 0 bridgehead atoms. The monoisotopic (exact) mass is 256 g/mol. The molecule has 6 heteroatoms. The van der Waals surface area contributed by atoms with Gasteiger partial charge in [0.25, 0.3) is 6.01 Å². The molecule has 0 N–H and O–H groups in total. The third-order valence-corrected chi connectivity index (χ3v) is 3.78. The van der Waals surface area contributed by atoms with Crippen molar-refractivity contribution >= 4 is 23.7 Å². The number of carbonyl (C=O) groups excluding carboxylic acids is 1. The van der Waals surface area contributed by atoms with E-state index in [4.69, 9.17) is 9.15 Å². The molecule has 0 aromatic carbocycles. The summed E-state index contributed by atoms with van der Waals surface area (Å²) in [6.45, 7) is 5.13. The van der Waals surface area contributed by atoms with Gasteiger partial charge in [-0.2, -0.15) is 16.7 Å². The van der Waals surface area contributed by atoms with Crippen molar-refractivity contribution in [3.8, 4) is 0 Å². The highest BCUT2D eigenvalue weighted by molar-refractivity contribution is 7.99. The maximum Gasteiger partial charge on any atom is 0.360 e. The largest absolute Gasteiger partial charge is 0.461 e. The lowest BCUT2D eigenvalue weighted by Gasteiger charge is -2.31. The normalized spacial score (nSPS) is 20.4. The summed E-state index contributed by atoms with van der Waals surface area (Å²) in [5.74, 6) is 1.68. The molecule has 1 aromatic rings. The third-order valence-electron chi connectivity index (χ3n) is 2.59. The lowest BCUT2D eigenvalue weighted by molar-refractivity contribution is 0.0519. The van der Waals surface area contributed by atoms with Gasteiger partial charge in [0, 0.05) is 24.1 Å². The topological polar surface area (TPSA) is 55.6 Å². The minimum atomic E-state index is -0.429. The Morgan fingerprint density at radius 2 is 2.59 bits per heavy atom. The maximum atomic E-state index is 11.5. The molecule has 1 aliphatic heterocycles. The van der Waals surface area contributed by atoms with Crippen molar-refractivity contribution in [3.63, 3.8) is 0 Å². The van der Waals surface area contributed by atoms with E-state index < -0.39 is 5.97 Å². The zero-order valence-electron chi connectivity index (χ0n) is 10.0. The lowest BCUT2D eigenvalue weighted by atomic mass is 10.3. The number of oxazole rings is 1. The first-order valence-corrected chi connectivity index (χ1v) is 6.85. The predicted molar refractivity (Wildman–Crippen MR) is 66.6 cm³/mol. The third kappa shape index (κ3) is 2.74. The van der Waals surface area contributed by atoms with Gasteiger partial charge < -0.3 is 14.1 Å². The molecule has 1 unspecified atom stereocenters. The number of hydrogen-bond acceptors (Lipinski definition) is 6. The van der Waals surface area contributed by atoms with E-state index in [1.807, 2.05) is 11.8 Å². The van der Waals surface area contributed by atoms with Gasteiger partial charge in [-0.15, -0.1) is 0 Å². The number of aromatic nitrogens is 1. The Labute approximate surface area is 105 Å². The summed E-state index contributed by atoms with van der Waals surface area (Å²) in [6, 6.07) is 0.892. The van der Waals surface area contributed by atoms with Crippen LogP contribution in [0.15, 0.2) is 10.7 Å². The summed E-state index contributed by atoms with van der Waals surface area (Å²) in [6.07, 6.45) is 1.36. The summed E-state index contributed by atoms with van der Waals surface area (Å²) in [4.78, 5) is 17.7. The van der Waals surface area contributed by atoms with E-state index in [9.17, 15) is 4.79 Å². The molecule has 0 spiro atoms. The fourth-order valence-electron chi connectivity index (χ4n) is 1.71. The molecule has 0 saturated carbocycles. The summed E-state index contributed by atoms with van der Waals surface area (Å²) in [5.41, 5.74) is 0.243. The average molecular weight is 256 g/mol. The Kier molecular flexibility index (Phi) is 3.93. The minimum absolute atomic E-state index is 0.243. The van der Waals surface area contributed by atoms with E-state index in [1.165, 1.54) is 6.26 Å². The van der Waals surface area contributed by atoms with Crippen molar-refractivity contribution in [1.82, 2.24) is 4.98 Å². The number of hydrogen-bond donors (Lipinski definition) is 0. The molecule has 17 heavy (non-hydrogen) atoms. The van der Waals surface area contributed by atoms with Gasteiger partial charge in [0.05, 0.1) is 6.61 Å². The standard InChI is InChI=1S/C11H16N2O3S/c1-3-15-10(14)9-6-16-11(12-9)13-4-5-17-7-8(13)2/h6,8H,3-5,7H2,1-2H3. The summed E-state index contributed by atoms with van der Waals surface area (Å²) < 4.78 is 10.2. The molecular weight excluding hydrogens is 240 g/mol. The molecule has 94 valence electrons. The van der Waals surface area contributed by atoms with Crippen LogP contribution in [0.4, 0.5) is 6.01 Å². The highest BCUT2D eigenvalue weighted by Crippen LogP contribution is 2.23. The quantitative estimate of drug-likeness (QED) is 0.769. The van der Waals surface area contributed by atoms with Crippen molar-refractivity contribution in [2.75, 3.05) is 29.6 Å². The van der Waals surface area contributed by atoms with Gasteiger partial charge in [-0.3, -0.25) is 0 Å². The first kappa shape index (κ1) is 12.3. The average Bonchev–Trinajstić information content (AvgIpc) is 2.79. The minimum Gasteiger partial charge on any atom is -0.461 e. The summed E-state index contributed by atoms with van der Waals surface area (Å²) in [7, 11) is 0. The molecule has 0 aliphatic carbocycles. The molecule has 1 saturated heterocycles. The molecule has 5 nitrogen and oxygen atoms in total. The molecule has 2 heterocycles. The van der Waals surface area contributed by atoms with E-state index in [2.05, 4.69) is 16.8 Å². The van der Waals surface area contributed by atoms with E-state index in [0.29, 0.717) is 18.7 Å². The first-order chi connectivity index (χ1) is 8.22. The second kappa shape index (κ2) is 5.44. The van der Waals surface area contributed by atoms with Crippen molar-refractivity contribution in [3.05, 3.63) is 12.0 Å². The molecule has 1 atom stereocenters. The zero-order valence-corrected chi connectivity index (χ0v) is 10.8. The van der Waals surface area contributed by atoms with Gasteiger partial charge in [0.1, 0.15) is 6.26 Å². The number of thioether (sulfide) groups is 1. The van der Waals surface area contributed by atoms with Crippen molar-refractivity contribution in [1.29, 1.82) is 0 Å². The number of rotatable bonds is 3. The highest BCUT2D eigenvalue weighted by Gasteiger charge is 2.24. The van der Waals surface area contributed by atoms with Crippen LogP contribution in [0.1, 0.15) is 24.3 Å². The Morgan fingerprint density at radius 1 is 1.76 bits per heavy atom. The van der Waals surface area contributed by atoms with Gasteiger partial charge in [-0.1, -0.05) is 0 Å². The summed E-state index contributed by atoms with van der Waals surface area (Å²) >= 11 is 1.92. The van der Waals surface area contributed by atoms with Crippen LogP contribution >= 0.6 is 11.8 Å². The molecule has 1 aliphatic rings. The Hall–Kier alpha value is -1.17. The van der Waals surface area contributed by atoms with E-state index >= 15 is 0 Å². The number of esters is 1. The SMILES string of the molecule is CCOC(=O)c1coc(N2CCSCC2C)n1. The molecular formula is C11H16N2O3S. The lowest BCUT2D eigenvalue weighted by Crippen LogP contribution is -2.40. The Morgan fingerprint density at radius 3 is 3.29 bits per heavy atom. The van der Waals surface area contributed by atoms with Crippen molar-refractivity contribution in [2.24, 2.45) is 0 Å². The van der Waals surface area contributed by atoms with E-state index in [0.717, 1.165) is 18.1 Å². The van der Waals surface area contributed by atoms with Crippen LogP contribution in [0.2, 0.25) is 0 Å². The maximum absolute atomic E-state index is 11.5.